The van der Waals surface area contributed by atoms with Crippen molar-refractivity contribution in [2.75, 3.05) is 0 Å². The van der Waals surface area contributed by atoms with Gasteiger partial charge < -0.3 is 4.42 Å². The second-order valence-corrected chi connectivity index (χ2v) is 6.87. The normalized spacial score (nSPS) is 11.1. The van der Waals surface area contributed by atoms with Crippen molar-refractivity contribution in [2.24, 2.45) is 0 Å². The van der Waals surface area contributed by atoms with E-state index in [1.807, 2.05) is 61.5 Å². The third-order valence-corrected chi connectivity index (χ3v) is 4.78. The molecule has 2 aromatic rings. The number of thioether (sulfide) groups is 1. The van der Waals surface area contributed by atoms with E-state index in [0.717, 1.165) is 33.6 Å². The molecule has 2 heterocycles. The molecular formula is C19H14ClN3OS. The summed E-state index contributed by atoms with van der Waals surface area (Å²) in [6, 6.07) is 17.4. The number of aromatic nitrogens is 3. The van der Waals surface area contributed by atoms with Crippen molar-refractivity contribution in [1.29, 1.82) is 0 Å². The van der Waals surface area contributed by atoms with E-state index < -0.39 is 0 Å². The summed E-state index contributed by atoms with van der Waals surface area (Å²) >= 11 is 7.51. The largest absolute Gasteiger partial charge is 0.444 e. The Balaban J connectivity index is 1.59. The van der Waals surface area contributed by atoms with E-state index in [0.29, 0.717) is 16.7 Å². The zero-order chi connectivity index (χ0) is 17.2. The monoisotopic (exact) mass is 367 g/mol. The molecule has 0 saturated carbocycles. The fourth-order valence-corrected chi connectivity index (χ4v) is 3.45. The molecule has 4 nitrogen and oxygen atoms in total. The second-order valence-electron chi connectivity index (χ2n) is 5.49. The minimum absolute atomic E-state index is 0.612. The van der Waals surface area contributed by atoms with Crippen LogP contribution in [-0.4, -0.2) is 15.0 Å². The quantitative estimate of drug-likeness (QED) is 0.446. The van der Waals surface area contributed by atoms with Crippen LogP contribution in [0.5, 0.6) is 0 Å². The summed E-state index contributed by atoms with van der Waals surface area (Å²) < 4.78 is 5.79. The molecule has 2 aliphatic rings. The second kappa shape index (κ2) is 6.86. The molecule has 0 atom stereocenters. The molecule has 0 unspecified atom stereocenters. The number of hydrogen-bond acceptors (Lipinski definition) is 5. The minimum atomic E-state index is 0.612. The first kappa shape index (κ1) is 16.1. The molecule has 25 heavy (non-hydrogen) atoms. The number of fused-ring (bicyclic) bond motifs is 1. The minimum Gasteiger partial charge on any atom is -0.444 e. The van der Waals surface area contributed by atoms with E-state index in [-0.39, 0.29) is 0 Å². The van der Waals surface area contributed by atoms with Gasteiger partial charge in [0.25, 0.3) is 0 Å². The molecule has 0 spiro atoms. The summed E-state index contributed by atoms with van der Waals surface area (Å²) in [4.78, 5) is 13.6. The van der Waals surface area contributed by atoms with E-state index in [2.05, 4.69) is 15.0 Å². The van der Waals surface area contributed by atoms with Gasteiger partial charge in [-0.05, 0) is 24.3 Å². The molecule has 0 saturated heterocycles. The van der Waals surface area contributed by atoms with Crippen LogP contribution in [-0.2, 0) is 5.75 Å². The van der Waals surface area contributed by atoms with Crippen LogP contribution < -0.4 is 0 Å². The van der Waals surface area contributed by atoms with Gasteiger partial charge in [0, 0.05) is 17.5 Å². The van der Waals surface area contributed by atoms with Crippen LogP contribution in [0.4, 0.5) is 0 Å². The average Bonchev–Trinajstić information content (AvgIpc) is 3.10. The molecule has 0 N–H and O–H groups in total. The highest BCUT2D eigenvalue weighted by Gasteiger charge is 2.16. The molecule has 4 rings (SSSR count). The summed E-state index contributed by atoms with van der Waals surface area (Å²) in [5.74, 6) is 2.06. The average molecular weight is 368 g/mol. The number of benzene rings is 1. The van der Waals surface area contributed by atoms with Crippen molar-refractivity contribution in [3.05, 3.63) is 71.3 Å². The lowest BCUT2D eigenvalue weighted by molar-refractivity contribution is 0.491. The van der Waals surface area contributed by atoms with Crippen LogP contribution in [0, 0.1) is 6.92 Å². The Hall–Kier alpha value is -2.37. The Kier molecular flexibility index (Phi) is 4.42. The highest BCUT2D eigenvalue weighted by Crippen LogP contribution is 2.31. The Labute approximate surface area is 154 Å². The summed E-state index contributed by atoms with van der Waals surface area (Å²) in [6.07, 6.45) is 0. The molecule has 1 aliphatic heterocycles. The Morgan fingerprint density at radius 3 is 2.28 bits per heavy atom. The van der Waals surface area contributed by atoms with E-state index in [4.69, 9.17) is 16.0 Å². The van der Waals surface area contributed by atoms with Crippen molar-refractivity contribution < 1.29 is 4.42 Å². The molecule has 1 aromatic heterocycles. The number of halogens is 1. The van der Waals surface area contributed by atoms with E-state index in [1.165, 1.54) is 11.8 Å². The van der Waals surface area contributed by atoms with E-state index in [9.17, 15) is 0 Å². The first-order valence-corrected chi connectivity index (χ1v) is 9.13. The molecule has 0 amide bonds. The number of imidazole rings is 1. The summed E-state index contributed by atoms with van der Waals surface area (Å²) in [6.45, 7) is 1.85. The first-order chi connectivity index (χ1) is 12.2. The van der Waals surface area contributed by atoms with Crippen molar-refractivity contribution in [3.8, 4) is 22.6 Å². The van der Waals surface area contributed by atoms with Gasteiger partial charge in [-0.15, -0.1) is 0 Å². The van der Waals surface area contributed by atoms with Crippen LogP contribution in [0.1, 0.15) is 11.7 Å². The Morgan fingerprint density at radius 1 is 0.920 bits per heavy atom. The number of oxazole rings is 1. The molecule has 1 aromatic carbocycles. The fourth-order valence-electron chi connectivity index (χ4n) is 2.54. The van der Waals surface area contributed by atoms with Crippen molar-refractivity contribution >= 4 is 23.4 Å². The van der Waals surface area contributed by atoms with Crippen molar-refractivity contribution in [1.82, 2.24) is 15.0 Å². The highest BCUT2D eigenvalue weighted by molar-refractivity contribution is 7.98. The van der Waals surface area contributed by atoms with Gasteiger partial charge in [0.05, 0.1) is 17.1 Å². The number of nitrogens with zero attached hydrogens (tertiary/aromatic N) is 3. The highest BCUT2D eigenvalue weighted by atomic mass is 35.5. The predicted octanol–water partition coefficient (Wildman–Crippen LogP) is 5.49. The molecule has 124 valence electrons. The Bertz CT molecular complexity index is 953. The molecule has 1 aliphatic carbocycles. The van der Waals surface area contributed by atoms with E-state index >= 15 is 0 Å². The fraction of sp³-hybridized carbons (Fsp3) is 0.105. The molecule has 0 bridgehead atoms. The zero-order valence-electron chi connectivity index (χ0n) is 13.4. The first-order valence-electron chi connectivity index (χ1n) is 7.77. The molecule has 0 radical (unpaired) electrons. The number of aryl methyl sites for hydroxylation is 1. The van der Waals surface area contributed by atoms with E-state index in [1.54, 1.807) is 0 Å². The maximum Gasteiger partial charge on any atom is 0.191 e. The molecule has 0 fully saturated rings. The molecular weight excluding hydrogens is 354 g/mol. The number of hydrogen-bond donors (Lipinski definition) is 0. The summed E-state index contributed by atoms with van der Waals surface area (Å²) in [5.41, 5.74) is 3.60. The lowest BCUT2D eigenvalue weighted by Gasteiger charge is -2.00. The van der Waals surface area contributed by atoms with Crippen LogP contribution in [0.2, 0.25) is 5.02 Å². The van der Waals surface area contributed by atoms with Crippen LogP contribution >= 0.6 is 23.4 Å². The third-order valence-electron chi connectivity index (χ3n) is 3.68. The van der Waals surface area contributed by atoms with Gasteiger partial charge in [0.1, 0.15) is 11.5 Å². The predicted molar refractivity (Wildman–Crippen MR) is 99.9 cm³/mol. The van der Waals surface area contributed by atoms with Crippen LogP contribution in [0.25, 0.3) is 22.6 Å². The SMILES string of the molecule is Cc1nc(-c2ccc(Cl)cc2)c(CSc2nc3cccccc-3n2)o1. The summed E-state index contributed by atoms with van der Waals surface area (Å²) in [7, 11) is 0. The summed E-state index contributed by atoms with van der Waals surface area (Å²) in [5, 5.41) is 1.43. The van der Waals surface area contributed by atoms with Crippen molar-refractivity contribution in [3.63, 3.8) is 0 Å². The van der Waals surface area contributed by atoms with Crippen molar-refractivity contribution in [2.45, 2.75) is 17.8 Å². The lowest BCUT2D eigenvalue weighted by Crippen LogP contribution is -1.85. The standard InChI is InChI=1S/C19H14ClN3OS/c1-12-21-18(13-7-9-14(20)10-8-13)17(24-12)11-25-19-22-15-5-3-2-4-6-16(15)23-19/h2-10H,11H2,1H3. The van der Waals surface area contributed by atoms with Gasteiger partial charge in [-0.25, -0.2) is 15.0 Å². The van der Waals surface area contributed by atoms with Gasteiger partial charge in [-0.1, -0.05) is 53.7 Å². The maximum absolute atomic E-state index is 5.97. The molecule has 6 heteroatoms. The maximum atomic E-state index is 5.97. The van der Waals surface area contributed by atoms with Gasteiger partial charge in [-0.3, -0.25) is 0 Å². The van der Waals surface area contributed by atoms with Gasteiger partial charge in [-0.2, -0.15) is 0 Å². The van der Waals surface area contributed by atoms with Gasteiger partial charge >= 0.3 is 0 Å². The topological polar surface area (TPSA) is 51.8 Å². The Morgan fingerprint density at radius 2 is 1.60 bits per heavy atom. The number of rotatable bonds is 4. The van der Waals surface area contributed by atoms with Crippen LogP contribution in [0.15, 0.2) is 64.2 Å². The van der Waals surface area contributed by atoms with Gasteiger partial charge in [0.2, 0.25) is 0 Å². The zero-order valence-corrected chi connectivity index (χ0v) is 15.0. The lowest BCUT2D eigenvalue weighted by atomic mass is 10.1. The van der Waals surface area contributed by atoms with Gasteiger partial charge in [0.15, 0.2) is 11.0 Å². The van der Waals surface area contributed by atoms with Crippen LogP contribution in [0.3, 0.4) is 0 Å². The smallest absolute Gasteiger partial charge is 0.191 e. The third kappa shape index (κ3) is 3.52.